The maximum atomic E-state index is 11.1. The molecule has 1 N–H and O–H groups in total. The molecule has 0 saturated carbocycles. The predicted molar refractivity (Wildman–Crippen MR) is 60.0 cm³/mol. The number of rotatable bonds is 5. The van der Waals surface area contributed by atoms with Gasteiger partial charge in [0.05, 0.1) is 13.7 Å². The number of ether oxygens (including phenoxy) is 2. The molecule has 4 heteroatoms. The Kier molecular flexibility index (Phi) is 4.31. The van der Waals surface area contributed by atoms with Gasteiger partial charge in [-0.25, -0.2) is 0 Å². The number of carboxylic acids is 1. The molecule has 1 unspecified atom stereocenters. The highest BCUT2D eigenvalue weighted by Crippen LogP contribution is 2.28. The molecule has 0 aromatic heterocycles. The third kappa shape index (κ3) is 2.73. The standard InChI is InChI=1S/C12H16O4/c1-8-4-5-11(16-3)9(6-8)10(7-15-2)12(13)14/h4-6,10H,7H2,1-3H3,(H,13,14). The molecule has 1 aromatic rings. The van der Waals surface area contributed by atoms with Gasteiger partial charge < -0.3 is 14.6 Å². The van der Waals surface area contributed by atoms with E-state index in [1.165, 1.54) is 14.2 Å². The van der Waals surface area contributed by atoms with Crippen LogP contribution >= 0.6 is 0 Å². The number of carbonyl (C=O) groups is 1. The molecule has 0 amide bonds. The van der Waals surface area contributed by atoms with Crippen LogP contribution in [0.4, 0.5) is 0 Å². The highest BCUT2D eigenvalue weighted by atomic mass is 16.5. The number of carboxylic acid groups (broad SMARTS) is 1. The predicted octanol–water partition coefficient (Wildman–Crippen LogP) is 1.82. The maximum Gasteiger partial charge on any atom is 0.313 e. The third-order valence-electron chi connectivity index (χ3n) is 2.39. The van der Waals surface area contributed by atoms with Crippen LogP contribution in [0.5, 0.6) is 5.75 Å². The van der Waals surface area contributed by atoms with Crippen LogP contribution in [0.2, 0.25) is 0 Å². The lowest BCUT2D eigenvalue weighted by atomic mass is 9.97. The van der Waals surface area contributed by atoms with Gasteiger partial charge in [0.1, 0.15) is 11.7 Å². The van der Waals surface area contributed by atoms with Crippen LogP contribution in [0, 0.1) is 6.92 Å². The molecule has 4 nitrogen and oxygen atoms in total. The number of aryl methyl sites for hydroxylation is 1. The fourth-order valence-electron chi connectivity index (χ4n) is 1.59. The zero-order chi connectivity index (χ0) is 12.1. The average Bonchev–Trinajstić information content (AvgIpc) is 2.25. The Morgan fingerprint density at radius 1 is 1.44 bits per heavy atom. The molecule has 0 fully saturated rings. The molecule has 0 spiro atoms. The molecule has 1 atom stereocenters. The molecule has 1 aromatic carbocycles. The van der Waals surface area contributed by atoms with Crippen molar-refractivity contribution in [3.8, 4) is 5.75 Å². The van der Waals surface area contributed by atoms with Crippen LogP contribution < -0.4 is 4.74 Å². The zero-order valence-electron chi connectivity index (χ0n) is 9.69. The van der Waals surface area contributed by atoms with Gasteiger partial charge in [0.25, 0.3) is 0 Å². The van der Waals surface area contributed by atoms with Crippen molar-refractivity contribution < 1.29 is 19.4 Å². The Morgan fingerprint density at radius 3 is 2.62 bits per heavy atom. The Bertz CT molecular complexity index is 373. The first-order valence-electron chi connectivity index (χ1n) is 4.96. The molecular weight excluding hydrogens is 208 g/mol. The topological polar surface area (TPSA) is 55.8 Å². The van der Waals surface area contributed by atoms with Gasteiger partial charge in [0.2, 0.25) is 0 Å². The first-order valence-corrected chi connectivity index (χ1v) is 4.96. The summed E-state index contributed by atoms with van der Waals surface area (Å²) in [5.74, 6) is -1.03. The quantitative estimate of drug-likeness (QED) is 0.828. The molecule has 0 saturated heterocycles. The van der Waals surface area contributed by atoms with E-state index >= 15 is 0 Å². The lowest BCUT2D eigenvalue weighted by Crippen LogP contribution is -2.17. The largest absolute Gasteiger partial charge is 0.496 e. The Hall–Kier alpha value is -1.55. The van der Waals surface area contributed by atoms with Gasteiger partial charge in [-0.15, -0.1) is 0 Å². The third-order valence-corrected chi connectivity index (χ3v) is 2.39. The first-order chi connectivity index (χ1) is 7.60. The van der Waals surface area contributed by atoms with E-state index in [1.807, 2.05) is 19.1 Å². The van der Waals surface area contributed by atoms with E-state index in [2.05, 4.69) is 0 Å². The van der Waals surface area contributed by atoms with Gasteiger partial charge >= 0.3 is 5.97 Å². The van der Waals surface area contributed by atoms with E-state index in [-0.39, 0.29) is 6.61 Å². The summed E-state index contributed by atoms with van der Waals surface area (Å²) < 4.78 is 10.1. The smallest absolute Gasteiger partial charge is 0.313 e. The molecule has 0 radical (unpaired) electrons. The summed E-state index contributed by atoms with van der Waals surface area (Å²) in [5, 5.41) is 9.13. The molecule has 0 aliphatic rings. The first kappa shape index (κ1) is 12.5. The summed E-state index contributed by atoms with van der Waals surface area (Å²) in [5.41, 5.74) is 1.65. The second kappa shape index (κ2) is 5.51. The summed E-state index contributed by atoms with van der Waals surface area (Å²) in [6.45, 7) is 2.05. The number of aliphatic carboxylic acids is 1. The Morgan fingerprint density at radius 2 is 2.12 bits per heavy atom. The number of methoxy groups -OCH3 is 2. The van der Waals surface area contributed by atoms with Crippen molar-refractivity contribution >= 4 is 5.97 Å². The van der Waals surface area contributed by atoms with E-state index in [4.69, 9.17) is 14.6 Å². The lowest BCUT2D eigenvalue weighted by molar-refractivity contribution is -0.140. The summed E-state index contributed by atoms with van der Waals surface area (Å²) in [6, 6.07) is 5.47. The molecule has 1 rings (SSSR count). The van der Waals surface area contributed by atoms with Crippen molar-refractivity contribution in [1.82, 2.24) is 0 Å². The van der Waals surface area contributed by atoms with Gasteiger partial charge in [-0.3, -0.25) is 4.79 Å². The number of hydrogen-bond donors (Lipinski definition) is 1. The van der Waals surface area contributed by atoms with Crippen molar-refractivity contribution in [2.45, 2.75) is 12.8 Å². The van der Waals surface area contributed by atoms with Crippen LogP contribution in [0.25, 0.3) is 0 Å². The minimum absolute atomic E-state index is 0.134. The van der Waals surface area contributed by atoms with E-state index in [1.54, 1.807) is 6.07 Å². The van der Waals surface area contributed by atoms with E-state index < -0.39 is 11.9 Å². The van der Waals surface area contributed by atoms with Crippen molar-refractivity contribution in [2.24, 2.45) is 0 Å². The molecule has 0 aliphatic carbocycles. The maximum absolute atomic E-state index is 11.1. The lowest BCUT2D eigenvalue weighted by Gasteiger charge is -2.15. The summed E-state index contributed by atoms with van der Waals surface area (Å²) in [4.78, 5) is 11.1. The molecule has 0 bridgehead atoms. The fourth-order valence-corrected chi connectivity index (χ4v) is 1.59. The SMILES string of the molecule is COCC(C(=O)O)c1cc(C)ccc1OC. The van der Waals surface area contributed by atoms with Gasteiger partial charge in [-0.1, -0.05) is 17.7 Å². The van der Waals surface area contributed by atoms with Crippen molar-refractivity contribution in [3.05, 3.63) is 29.3 Å². The van der Waals surface area contributed by atoms with Gasteiger partial charge in [0, 0.05) is 12.7 Å². The van der Waals surface area contributed by atoms with Gasteiger partial charge in [-0.05, 0) is 13.0 Å². The molecule has 16 heavy (non-hydrogen) atoms. The summed E-state index contributed by atoms with van der Waals surface area (Å²) in [6.07, 6.45) is 0. The van der Waals surface area contributed by atoms with Crippen LogP contribution in [0.3, 0.4) is 0 Å². The van der Waals surface area contributed by atoms with E-state index in [0.29, 0.717) is 11.3 Å². The minimum Gasteiger partial charge on any atom is -0.496 e. The number of hydrogen-bond acceptors (Lipinski definition) is 3. The minimum atomic E-state index is -0.911. The highest BCUT2D eigenvalue weighted by Gasteiger charge is 2.23. The molecule has 0 aliphatic heterocycles. The van der Waals surface area contributed by atoms with Gasteiger partial charge in [-0.2, -0.15) is 0 Å². The Labute approximate surface area is 94.8 Å². The Balaban J connectivity index is 3.15. The second-order valence-electron chi connectivity index (χ2n) is 3.59. The van der Waals surface area contributed by atoms with Crippen LogP contribution in [-0.4, -0.2) is 31.9 Å². The molecule has 0 heterocycles. The van der Waals surface area contributed by atoms with Crippen LogP contribution in [0.15, 0.2) is 18.2 Å². The van der Waals surface area contributed by atoms with Crippen molar-refractivity contribution in [2.75, 3.05) is 20.8 Å². The van der Waals surface area contributed by atoms with Crippen molar-refractivity contribution in [1.29, 1.82) is 0 Å². The summed E-state index contributed by atoms with van der Waals surface area (Å²) in [7, 11) is 3.01. The number of benzene rings is 1. The fraction of sp³-hybridized carbons (Fsp3) is 0.417. The molecular formula is C12H16O4. The molecule has 88 valence electrons. The zero-order valence-corrected chi connectivity index (χ0v) is 9.69. The monoisotopic (exact) mass is 224 g/mol. The van der Waals surface area contributed by atoms with E-state index in [0.717, 1.165) is 5.56 Å². The average molecular weight is 224 g/mol. The van der Waals surface area contributed by atoms with Gasteiger partial charge in [0.15, 0.2) is 0 Å². The normalized spacial score (nSPS) is 12.2. The summed E-state index contributed by atoms with van der Waals surface area (Å²) >= 11 is 0. The van der Waals surface area contributed by atoms with Crippen LogP contribution in [-0.2, 0) is 9.53 Å². The van der Waals surface area contributed by atoms with E-state index in [9.17, 15) is 4.79 Å². The highest BCUT2D eigenvalue weighted by molar-refractivity contribution is 5.77. The second-order valence-corrected chi connectivity index (χ2v) is 3.59. The van der Waals surface area contributed by atoms with Crippen LogP contribution in [0.1, 0.15) is 17.0 Å². The van der Waals surface area contributed by atoms with Crippen molar-refractivity contribution in [3.63, 3.8) is 0 Å².